The molecule has 2 saturated heterocycles. The van der Waals surface area contributed by atoms with Gasteiger partial charge < -0.3 is 4.74 Å². The average molecular weight is 169 g/mol. The fourth-order valence-electron chi connectivity index (χ4n) is 2.07. The van der Waals surface area contributed by atoms with Crippen LogP contribution < -0.4 is 0 Å². The van der Waals surface area contributed by atoms with Gasteiger partial charge in [0.2, 0.25) is 0 Å². The highest BCUT2D eigenvalue weighted by molar-refractivity contribution is 4.78. The minimum absolute atomic E-state index is 0.767. The standard InChI is InChI=1S/C10H19NO/c1-2-4-6-11(7-5-3-1)10-8-12-9-10/h10H,1-9H2. The molecule has 2 aliphatic heterocycles. The Balaban J connectivity index is 1.77. The molecule has 2 nitrogen and oxygen atoms in total. The van der Waals surface area contributed by atoms with Crippen molar-refractivity contribution in [3.8, 4) is 0 Å². The van der Waals surface area contributed by atoms with E-state index in [-0.39, 0.29) is 0 Å². The average Bonchev–Trinajstić information content (AvgIpc) is 1.90. The van der Waals surface area contributed by atoms with Gasteiger partial charge in [-0.15, -0.1) is 0 Å². The van der Waals surface area contributed by atoms with E-state index in [0.29, 0.717) is 0 Å². The zero-order chi connectivity index (χ0) is 8.23. The van der Waals surface area contributed by atoms with Crippen molar-refractivity contribution in [2.45, 2.75) is 38.1 Å². The Kier molecular flexibility index (Phi) is 3.01. The smallest absolute Gasteiger partial charge is 0.0645 e. The van der Waals surface area contributed by atoms with E-state index in [4.69, 9.17) is 4.74 Å². The number of rotatable bonds is 1. The molecule has 0 atom stereocenters. The van der Waals surface area contributed by atoms with Gasteiger partial charge >= 0.3 is 0 Å². The van der Waals surface area contributed by atoms with Gasteiger partial charge in [0.25, 0.3) is 0 Å². The lowest BCUT2D eigenvalue weighted by atomic mass is 10.1. The van der Waals surface area contributed by atoms with Crippen LogP contribution in [-0.2, 0) is 4.74 Å². The van der Waals surface area contributed by atoms with Crippen LogP contribution in [-0.4, -0.2) is 37.2 Å². The summed E-state index contributed by atoms with van der Waals surface area (Å²) in [7, 11) is 0. The fourth-order valence-corrected chi connectivity index (χ4v) is 2.07. The van der Waals surface area contributed by atoms with Crippen molar-refractivity contribution in [2.75, 3.05) is 26.3 Å². The molecule has 2 rings (SSSR count). The second kappa shape index (κ2) is 4.24. The number of hydrogen-bond donors (Lipinski definition) is 0. The van der Waals surface area contributed by atoms with Crippen LogP contribution in [0.3, 0.4) is 0 Å². The fraction of sp³-hybridized carbons (Fsp3) is 1.00. The van der Waals surface area contributed by atoms with Gasteiger partial charge in [0.15, 0.2) is 0 Å². The summed E-state index contributed by atoms with van der Waals surface area (Å²) in [6.07, 6.45) is 7.12. The van der Waals surface area contributed by atoms with Gasteiger partial charge in [-0.3, -0.25) is 4.90 Å². The van der Waals surface area contributed by atoms with E-state index in [1.807, 2.05) is 0 Å². The lowest BCUT2D eigenvalue weighted by Gasteiger charge is -2.38. The van der Waals surface area contributed by atoms with Crippen molar-refractivity contribution in [1.29, 1.82) is 0 Å². The van der Waals surface area contributed by atoms with Gasteiger partial charge in [-0.2, -0.15) is 0 Å². The second-order valence-corrected chi connectivity index (χ2v) is 4.00. The van der Waals surface area contributed by atoms with Crippen LogP contribution in [0.1, 0.15) is 32.1 Å². The first-order valence-corrected chi connectivity index (χ1v) is 5.28. The summed E-state index contributed by atoms with van der Waals surface area (Å²) < 4.78 is 5.22. The molecule has 0 amide bonds. The maximum atomic E-state index is 5.22. The van der Waals surface area contributed by atoms with Crippen LogP contribution in [0.2, 0.25) is 0 Å². The minimum atomic E-state index is 0.767. The molecule has 0 aliphatic carbocycles. The summed E-state index contributed by atoms with van der Waals surface area (Å²) in [4.78, 5) is 2.63. The van der Waals surface area contributed by atoms with Crippen molar-refractivity contribution in [3.63, 3.8) is 0 Å². The quantitative estimate of drug-likeness (QED) is 0.592. The molecule has 0 saturated carbocycles. The second-order valence-electron chi connectivity index (χ2n) is 4.00. The molecule has 0 bridgehead atoms. The Morgan fingerprint density at radius 1 is 0.833 bits per heavy atom. The maximum absolute atomic E-state index is 5.22. The third-order valence-electron chi connectivity index (χ3n) is 3.03. The van der Waals surface area contributed by atoms with E-state index in [2.05, 4.69) is 4.90 Å². The highest BCUT2D eigenvalue weighted by atomic mass is 16.5. The maximum Gasteiger partial charge on any atom is 0.0645 e. The van der Waals surface area contributed by atoms with E-state index >= 15 is 0 Å². The van der Waals surface area contributed by atoms with Crippen LogP contribution in [0.5, 0.6) is 0 Å². The van der Waals surface area contributed by atoms with Gasteiger partial charge in [-0.05, 0) is 25.9 Å². The Bertz CT molecular complexity index is 126. The molecule has 70 valence electrons. The van der Waals surface area contributed by atoms with Crippen LogP contribution in [0.15, 0.2) is 0 Å². The molecule has 2 aliphatic rings. The van der Waals surface area contributed by atoms with Crippen molar-refractivity contribution < 1.29 is 4.74 Å². The van der Waals surface area contributed by atoms with Crippen LogP contribution in [0.4, 0.5) is 0 Å². The summed E-state index contributed by atoms with van der Waals surface area (Å²) in [6.45, 7) is 4.60. The number of hydrogen-bond acceptors (Lipinski definition) is 2. The van der Waals surface area contributed by atoms with E-state index in [9.17, 15) is 0 Å². The highest BCUT2D eigenvalue weighted by Crippen LogP contribution is 2.16. The molecule has 0 spiro atoms. The summed E-state index contributed by atoms with van der Waals surface area (Å²) >= 11 is 0. The zero-order valence-electron chi connectivity index (χ0n) is 7.80. The van der Waals surface area contributed by atoms with Crippen molar-refractivity contribution in [1.82, 2.24) is 4.90 Å². The van der Waals surface area contributed by atoms with Crippen LogP contribution in [0, 0.1) is 0 Å². The van der Waals surface area contributed by atoms with Gasteiger partial charge in [-0.25, -0.2) is 0 Å². The van der Waals surface area contributed by atoms with Gasteiger partial charge in [-0.1, -0.05) is 19.3 Å². The molecule has 0 radical (unpaired) electrons. The van der Waals surface area contributed by atoms with E-state index in [0.717, 1.165) is 19.3 Å². The Morgan fingerprint density at radius 2 is 1.42 bits per heavy atom. The van der Waals surface area contributed by atoms with E-state index in [1.54, 1.807) is 0 Å². The summed E-state index contributed by atoms with van der Waals surface area (Å²) in [5.41, 5.74) is 0. The predicted molar refractivity (Wildman–Crippen MR) is 49.3 cm³/mol. The Labute approximate surface area is 74.9 Å². The molecule has 2 heteroatoms. The topological polar surface area (TPSA) is 12.5 Å². The molecule has 0 aromatic carbocycles. The number of likely N-dealkylation sites (tertiary alicyclic amines) is 1. The van der Waals surface area contributed by atoms with Crippen molar-refractivity contribution >= 4 is 0 Å². The third kappa shape index (κ3) is 1.99. The largest absolute Gasteiger partial charge is 0.378 e. The summed E-state index contributed by atoms with van der Waals surface area (Å²) in [5.74, 6) is 0. The lowest BCUT2D eigenvalue weighted by molar-refractivity contribution is -0.0666. The Hall–Kier alpha value is -0.0800. The predicted octanol–water partition coefficient (Wildman–Crippen LogP) is 1.65. The normalized spacial score (nSPS) is 29.0. The highest BCUT2D eigenvalue weighted by Gasteiger charge is 2.25. The summed E-state index contributed by atoms with van der Waals surface area (Å²) in [5, 5.41) is 0. The minimum Gasteiger partial charge on any atom is -0.378 e. The number of nitrogens with zero attached hydrogens (tertiary/aromatic N) is 1. The Morgan fingerprint density at radius 3 is 1.92 bits per heavy atom. The van der Waals surface area contributed by atoms with Crippen molar-refractivity contribution in [3.05, 3.63) is 0 Å². The molecular formula is C10H19NO. The monoisotopic (exact) mass is 169 g/mol. The number of ether oxygens (including phenoxy) is 1. The lowest BCUT2D eigenvalue weighted by Crippen LogP contribution is -2.49. The zero-order valence-corrected chi connectivity index (χ0v) is 7.80. The molecular weight excluding hydrogens is 150 g/mol. The first kappa shape index (κ1) is 8.52. The first-order chi connectivity index (χ1) is 5.97. The molecule has 0 unspecified atom stereocenters. The van der Waals surface area contributed by atoms with Gasteiger partial charge in [0.1, 0.15) is 0 Å². The van der Waals surface area contributed by atoms with Gasteiger partial charge in [0, 0.05) is 0 Å². The molecule has 0 aromatic rings. The molecule has 0 N–H and O–H groups in total. The summed E-state index contributed by atoms with van der Waals surface area (Å²) in [6, 6.07) is 0.767. The van der Waals surface area contributed by atoms with Crippen LogP contribution >= 0.6 is 0 Å². The van der Waals surface area contributed by atoms with Crippen LogP contribution in [0.25, 0.3) is 0 Å². The SMILES string of the molecule is C1CCCN(C2COC2)CCC1. The third-order valence-corrected chi connectivity index (χ3v) is 3.03. The first-order valence-electron chi connectivity index (χ1n) is 5.28. The molecule has 12 heavy (non-hydrogen) atoms. The van der Waals surface area contributed by atoms with E-state index < -0.39 is 0 Å². The molecule has 0 aromatic heterocycles. The van der Waals surface area contributed by atoms with Gasteiger partial charge in [0.05, 0.1) is 19.3 Å². The molecule has 2 fully saturated rings. The van der Waals surface area contributed by atoms with Crippen molar-refractivity contribution in [2.24, 2.45) is 0 Å². The molecule has 2 heterocycles. The van der Waals surface area contributed by atoms with E-state index in [1.165, 1.54) is 45.2 Å².